The highest BCUT2D eigenvalue weighted by atomic mass is 32.1. The Labute approximate surface area is 157 Å². The maximum absolute atomic E-state index is 12.3. The first-order valence-corrected chi connectivity index (χ1v) is 9.23. The highest BCUT2D eigenvalue weighted by molar-refractivity contribution is 7.14. The number of aryl methyl sites for hydroxylation is 2. The lowest BCUT2D eigenvalue weighted by atomic mass is 10.2. The first-order chi connectivity index (χ1) is 13.0. The van der Waals surface area contributed by atoms with Crippen LogP contribution in [0.3, 0.4) is 0 Å². The van der Waals surface area contributed by atoms with Crippen LogP contribution in [0.5, 0.6) is 0 Å². The van der Waals surface area contributed by atoms with Crippen molar-refractivity contribution in [2.24, 2.45) is 0 Å². The lowest BCUT2D eigenvalue weighted by Crippen LogP contribution is -2.08. The van der Waals surface area contributed by atoms with E-state index >= 15 is 0 Å². The molecule has 138 valence electrons. The monoisotopic (exact) mass is 385 g/mol. The molecular formula is C18H15N3O5S. The Kier molecular flexibility index (Phi) is 4.44. The van der Waals surface area contributed by atoms with E-state index in [1.54, 1.807) is 6.92 Å². The molecule has 0 saturated carbocycles. The SMILES string of the molecule is C[C@@H](OC(=O)c1cc2c(s1)CCC2)c1nnc(-c2ccc([N+](=O)[O-])cc2)o1. The molecule has 0 amide bonds. The average Bonchev–Trinajstić information content (AvgIpc) is 3.37. The van der Waals surface area contributed by atoms with Crippen molar-refractivity contribution < 1.29 is 18.9 Å². The fraction of sp³-hybridized carbons (Fsp3) is 0.278. The zero-order valence-corrected chi connectivity index (χ0v) is 15.2. The minimum Gasteiger partial charge on any atom is -0.448 e. The van der Waals surface area contributed by atoms with E-state index in [-0.39, 0.29) is 17.5 Å². The van der Waals surface area contributed by atoms with Gasteiger partial charge in [0.25, 0.3) is 11.6 Å². The Morgan fingerprint density at radius 1 is 1.30 bits per heavy atom. The van der Waals surface area contributed by atoms with Crippen molar-refractivity contribution in [3.05, 3.63) is 61.7 Å². The number of esters is 1. The molecule has 3 aromatic rings. The number of nitrogens with zero attached hydrogens (tertiary/aromatic N) is 3. The van der Waals surface area contributed by atoms with Crippen molar-refractivity contribution in [1.82, 2.24) is 10.2 Å². The molecule has 0 unspecified atom stereocenters. The highest BCUT2D eigenvalue weighted by Gasteiger charge is 2.23. The second-order valence-electron chi connectivity index (χ2n) is 6.21. The molecule has 0 fully saturated rings. The van der Waals surface area contributed by atoms with Crippen LogP contribution < -0.4 is 0 Å². The largest absolute Gasteiger partial charge is 0.448 e. The van der Waals surface area contributed by atoms with Gasteiger partial charge in [0.15, 0.2) is 6.10 Å². The minimum absolute atomic E-state index is 0.0244. The van der Waals surface area contributed by atoms with Crippen LogP contribution in [0, 0.1) is 10.1 Å². The molecule has 0 bridgehead atoms. The molecule has 0 aliphatic heterocycles. The summed E-state index contributed by atoms with van der Waals surface area (Å²) < 4.78 is 11.0. The lowest BCUT2D eigenvalue weighted by molar-refractivity contribution is -0.384. The normalized spacial score (nSPS) is 14.0. The quantitative estimate of drug-likeness (QED) is 0.369. The van der Waals surface area contributed by atoms with Crippen molar-refractivity contribution in [3.8, 4) is 11.5 Å². The second kappa shape index (κ2) is 6.92. The number of thiophene rings is 1. The number of non-ortho nitro benzene ring substituents is 1. The second-order valence-corrected chi connectivity index (χ2v) is 7.35. The number of hydrogen-bond donors (Lipinski definition) is 0. The summed E-state index contributed by atoms with van der Waals surface area (Å²) in [6.45, 7) is 1.66. The molecule has 0 radical (unpaired) electrons. The van der Waals surface area contributed by atoms with Gasteiger partial charge in [-0.2, -0.15) is 0 Å². The molecule has 2 aromatic heterocycles. The predicted octanol–water partition coefficient (Wildman–Crippen LogP) is 4.11. The van der Waals surface area contributed by atoms with Gasteiger partial charge in [-0.05, 0) is 49.9 Å². The number of nitro benzene ring substituents is 1. The molecule has 1 aromatic carbocycles. The van der Waals surface area contributed by atoms with Gasteiger partial charge in [0.05, 0.1) is 4.92 Å². The maximum atomic E-state index is 12.3. The van der Waals surface area contributed by atoms with Crippen LogP contribution in [0.15, 0.2) is 34.7 Å². The summed E-state index contributed by atoms with van der Waals surface area (Å²) in [6, 6.07) is 7.67. The third kappa shape index (κ3) is 3.45. The number of aromatic nitrogens is 2. The van der Waals surface area contributed by atoms with E-state index in [1.807, 2.05) is 6.07 Å². The average molecular weight is 385 g/mol. The van der Waals surface area contributed by atoms with Gasteiger partial charge in [0.2, 0.25) is 5.89 Å². The number of rotatable bonds is 5. The highest BCUT2D eigenvalue weighted by Crippen LogP contribution is 2.32. The number of carbonyl (C=O) groups excluding carboxylic acids is 1. The number of benzene rings is 1. The summed E-state index contributed by atoms with van der Waals surface area (Å²) >= 11 is 1.48. The van der Waals surface area contributed by atoms with Gasteiger partial charge in [0, 0.05) is 22.6 Å². The Bertz CT molecular complexity index is 987. The van der Waals surface area contributed by atoms with E-state index in [2.05, 4.69) is 10.2 Å². The van der Waals surface area contributed by atoms with Gasteiger partial charge in [0.1, 0.15) is 4.88 Å². The molecule has 8 nitrogen and oxygen atoms in total. The van der Waals surface area contributed by atoms with E-state index in [9.17, 15) is 14.9 Å². The third-order valence-corrected chi connectivity index (χ3v) is 5.56. The lowest BCUT2D eigenvalue weighted by Gasteiger charge is -2.08. The molecule has 1 aliphatic rings. The van der Waals surface area contributed by atoms with E-state index in [0.717, 1.165) is 19.3 Å². The Hall–Kier alpha value is -3.07. The van der Waals surface area contributed by atoms with Gasteiger partial charge >= 0.3 is 5.97 Å². The van der Waals surface area contributed by atoms with Crippen molar-refractivity contribution in [1.29, 1.82) is 0 Å². The molecule has 0 saturated heterocycles. The molecule has 1 atom stereocenters. The summed E-state index contributed by atoms with van der Waals surface area (Å²) in [5.74, 6) is -0.0318. The van der Waals surface area contributed by atoms with Gasteiger partial charge in [-0.15, -0.1) is 21.5 Å². The smallest absolute Gasteiger partial charge is 0.349 e. The summed E-state index contributed by atoms with van der Waals surface area (Å²) in [5, 5.41) is 18.6. The Balaban J connectivity index is 1.45. The molecule has 4 rings (SSSR count). The van der Waals surface area contributed by atoms with Crippen LogP contribution in [0.25, 0.3) is 11.5 Å². The van der Waals surface area contributed by atoms with E-state index in [4.69, 9.17) is 9.15 Å². The molecular weight excluding hydrogens is 370 g/mol. The number of hydrogen-bond acceptors (Lipinski definition) is 8. The third-order valence-electron chi connectivity index (χ3n) is 4.35. The van der Waals surface area contributed by atoms with Crippen molar-refractivity contribution in [2.45, 2.75) is 32.3 Å². The zero-order valence-electron chi connectivity index (χ0n) is 14.4. The molecule has 0 spiro atoms. The van der Waals surface area contributed by atoms with Crippen LogP contribution in [-0.4, -0.2) is 21.1 Å². The van der Waals surface area contributed by atoms with Crippen molar-refractivity contribution in [3.63, 3.8) is 0 Å². The van der Waals surface area contributed by atoms with Crippen LogP contribution in [0.4, 0.5) is 5.69 Å². The molecule has 1 aliphatic carbocycles. The van der Waals surface area contributed by atoms with Gasteiger partial charge in [-0.25, -0.2) is 4.79 Å². The number of ether oxygens (including phenoxy) is 1. The number of fused-ring (bicyclic) bond motifs is 1. The molecule has 2 heterocycles. The maximum Gasteiger partial charge on any atom is 0.349 e. The van der Waals surface area contributed by atoms with Crippen LogP contribution >= 0.6 is 11.3 Å². The molecule has 0 N–H and O–H groups in total. The fourth-order valence-corrected chi connectivity index (χ4v) is 4.08. The van der Waals surface area contributed by atoms with Gasteiger partial charge in [-0.1, -0.05) is 0 Å². The van der Waals surface area contributed by atoms with Crippen molar-refractivity contribution >= 4 is 23.0 Å². The Morgan fingerprint density at radius 2 is 2.07 bits per heavy atom. The number of carbonyl (C=O) groups is 1. The topological polar surface area (TPSA) is 108 Å². The standard InChI is InChI=1S/C18H15N3O5S/c1-10(25-18(22)15-9-12-3-2-4-14(12)27-15)16-19-20-17(26-16)11-5-7-13(8-6-11)21(23)24/h5-10H,2-4H2,1H3/t10-/m1/s1. The fourth-order valence-electron chi connectivity index (χ4n) is 2.94. The summed E-state index contributed by atoms with van der Waals surface area (Å²) in [4.78, 5) is 24.4. The van der Waals surface area contributed by atoms with E-state index in [1.165, 1.54) is 46.0 Å². The van der Waals surface area contributed by atoms with Crippen LogP contribution in [0.2, 0.25) is 0 Å². The summed E-state index contributed by atoms with van der Waals surface area (Å²) in [7, 11) is 0. The van der Waals surface area contributed by atoms with E-state index < -0.39 is 17.0 Å². The summed E-state index contributed by atoms with van der Waals surface area (Å²) in [5.41, 5.74) is 1.76. The summed E-state index contributed by atoms with van der Waals surface area (Å²) in [6.07, 6.45) is 2.47. The first kappa shape index (κ1) is 17.3. The minimum atomic E-state index is -0.700. The Morgan fingerprint density at radius 3 is 2.78 bits per heavy atom. The van der Waals surface area contributed by atoms with Crippen LogP contribution in [0.1, 0.15) is 45.5 Å². The molecule has 9 heteroatoms. The number of nitro groups is 1. The van der Waals surface area contributed by atoms with Crippen LogP contribution in [-0.2, 0) is 17.6 Å². The predicted molar refractivity (Wildman–Crippen MR) is 96.6 cm³/mol. The van der Waals surface area contributed by atoms with E-state index in [0.29, 0.717) is 10.4 Å². The van der Waals surface area contributed by atoms with Gasteiger partial charge in [-0.3, -0.25) is 10.1 Å². The first-order valence-electron chi connectivity index (χ1n) is 8.42. The molecule has 27 heavy (non-hydrogen) atoms. The zero-order chi connectivity index (χ0) is 19.0. The van der Waals surface area contributed by atoms with Crippen molar-refractivity contribution in [2.75, 3.05) is 0 Å². The van der Waals surface area contributed by atoms with Gasteiger partial charge < -0.3 is 9.15 Å².